The van der Waals surface area contributed by atoms with Gasteiger partial charge in [-0.15, -0.1) is 0 Å². The van der Waals surface area contributed by atoms with Gasteiger partial charge >= 0.3 is 5.97 Å². The molecular formula is C13H19N3O3. The Morgan fingerprint density at radius 3 is 2.95 bits per heavy atom. The number of aromatic amines is 1. The van der Waals surface area contributed by atoms with Crippen LogP contribution in [-0.2, 0) is 4.79 Å². The summed E-state index contributed by atoms with van der Waals surface area (Å²) in [4.78, 5) is 31.3. The van der Waals surface area contributed by atoms with Gasteiger partial charge in [-0.2, -0.15) is 0 Å². The second kappa shape index (κ2) is 5.03. The first-order chi connectivity index (χ1) is 8.91. The Labute approximate surface area is 111 Å². The number of anilines is 1. The SMILES string of the molecule is CC(C)(C(=O)O)C1CCCN(c2cc(=O)[nH]cn2)C1. The van der Waals surface area contributed by atoms with E-state index in [4.69, 9.17) is 0 Å². The van der Waals surface area contributed by atoms with E-state index in [1.165, 1.54) is 12.4 Å². The minimum absolute atomic E-state index is 0.0554. The maximum absolute atomic E-state index is 11.3. The van der Waals surface area contributed by atoms with Gasteiger partial charge in [-0.3, -0.25) is 9.59 Å². The van der Waals surface area contributed by atoms with Gasteiger partial charge in [0.15, 0.2) is 0 Å². The number of nitrogens with zero attached hydrogens (tertiary/aromatic N) is 2. The summed E-state index contributed by atoms with van der Waals surface area (Å²) in [6.45, 7) is 4.95. The van der Waals surface area contributed by atoms with E-state index in [1.807, 2.05) is 4.90 Å². The second-order valence-electron chi connectivity index (χ2n) is 5.58. The summed E-state index contributed by atoms with van der Waals surface area (Å²) >= 11 is 0. The predicted molar refractivity (Wildman–Crippen MR) is 71.2 cm³/mol. The second-order valence-corrected chi connectivity index (χ2v) is 5.58. The molecule has 1 aliphatic heterocycles. The van der Waals surface area contributed by atoms with Crippen LogP contribution in [0.1, 0.15) is 26.7 Å². The van der Waals surface area contributed by atoms with Crippen LogP contribution in [0.4, 0.5) is 5.82 Å². The molecule has 1 aromatic rings. The van der Waals surface area contributed by atoms with Gasteiger partial charge in [-0.25, -0.2) is 4.98 Å². The van der Waals surface area contributed by atoms with E-state index in [1.54, 1.807) is 13.8 Å². The lowest BCUT2D eigenvalue weighted by atomic mass is 9.74. The molecule has 1 atom stereocenters. The fraction of sp³-hybridized carbons (Fsp3) is 0.615. The van der Waals surface area contributed by atoms with Crippen LogP contribution in [0.3, 0.4) is 0 Å². The summed E-state index contributed by atoms with van der Waals surface area (Å²) in [7, 11) is 0. The van der Waals surface area contributed by atoms with Gasteiger partial charge in [0.1, 0.15) is 5.82 Å². The Morgan fingerprint density at radius 2 is 2.32 bits per heavy atom. The third-order valence-electron chi connectivity index (χ3n) is 3.98. The smallest absolute Gasteiger partial charge is 0.309 e. The van der Waals surface area contributed by atoms with Crippen LogP contribution in [0.25, 0.3) is 0 Å². The molecule has 2 rings (SSSR count). The minimum Gasteiger partial charge on any atom is -0.481 e. The zero-order valence-electron chi connectivity index (χ0n) is 11.2. The number of nitrogens with one attached hydrogen (secondary N) is 1. The number of carboxylic acids is 1. The highest BCUT2D eigenvalue weighted by Gasteiger charge is 2.39. The lowest BCUT2D eigenvalue weighted by Gasteiger charge is -2.39. The summed E-state index contributed by atoms with van der Waals surface area (Å²) in [6, 6.07) is 1.45. The van der Waals surface area contributed by atoms with E-state index in [0.29, 0.717) is 12.4 Å². The first kappa shape index (κ1) is 13.6. The molecule has 0 radical (unpaired) electrons. The van der Waals surface area contributed by atoms with Gasteiger partial charge in [0.2, 0.25) is 0 Å². The molecule has 6 nitrogen and oxygen atoms in total. The van der Waals surface area contributed by atoms with E-state index in [-0.39, 0.29) is 11.5 Å². The van der Waals surface area contributed by atoms with Crippen LogP contribution in [0.2, 0.25) is 0 Å². The fourth-order valence-electron chi connectivity index (χ4n) is 2.48. The average Bonchev–Trinajstić information content (AvgIpc) is 2.38. The van der Waals surface area contributed by atoms with Crippen LogP contribution < -0.4 is 10.5 Å². The molecule has 1 saturated heterocycles. The monoisotopic (exact) mass is 265 g/mol. The predicted octanol–water partition coefficient (Wildman–Crippen LogP) is 1.10. The Morgan fingerprint density at radius 1 is 1.58 bits per heavy atom. The van der Waals surface area contributed by atoms with E-state index in [9.17, 15) is 14.7 Å². The van der Waals surface area contributed by atoms with Crippen molar-refractivity contribution in [1.82, 2.24) is 9.97 Å². The quantitative estimate of drug-likeness (QED) is 0.854. The Hall–Kier alpha value is -1.85. The summed E-state index contributed by atoms with van der Waals surface area (Å²) in [5, 5.41) is 9.31. The molecule has 0 bridgehead atoms. The van der Waals surface area contributed by atoms with Crippen molar-refractivity contribution < 1.29 is 9.90 Å². The lowest BCUT2D eigenvalue weighted by molar-refractivity contribution is -0.150. The average molecular weight is 265 g/mol. The standard InChI is InChI=1S/C13H19N3O3/c1-13(2,12(18)19)9-4-3-5-16(7-9)10-6-11(17)15-8-14-10/h6,8-9H,3-5,7H2,1-2H3,(H,18,19)(H,14,15,17). The van der Waals surface area contributed by atoms with E-state index in [2.05, 4.69) is 9.97 Å². The van der Waals surface area contributed by atoms with Gasteiger partial charge in [0, 0.05) is 19.2 Å². The number of rotatable bonds is 3. The molecule has 0 spiro atoms. The van der Waals surface area contributed by atoms with E-state index < -0.39 is 11.4 Å². The van der Waals surface area contributed by atoms with Crippen molar-refractivity contribution in [3.05, 3.63) is 22.7 Å². The third-order valence-corrected chi connectivity index (χ3v) is 3.98. The molecule has 6 heteroatoms. The topological polar surface area (TPSA) is 86.3 Å². The van der Waals surface area contributed by atoms with Crippen LogP contribution >= 0.6 is 0 Å². The van der Waals surface area contributed by atoms with Gasteiger partial charge in [-0.05, 0) is 32.6 Å². The number of hydrogen-bond acceptors (Lipinski definition) is 4. The molecule has 2 heterocycles. The van der Waals surface area contributed by atoms with Crippen LogP contribution in [0.5, 0.6) is 0 Å². The Balaban J connectivity index is 2.18. The fourth-order valence-corrected chi connectivity index (χ4v) is 2.48. The highest BCUT2D eigenvalue weighted by molar-refractivity contribution is 5.74. The molecule has 1 aromatic heterocycles. The molecule has 19 heavy (non-hydrogen) atoms. The van der Waals surface area contributed by atoms with Crippen LogP contribution in [0.15, 0.2) is 17.2 Å². The third kappa shape index (κ3) is 2.77. The summed E-state index contributed by atoms with van der Waals surface area (Å²) in [5.74, 6) is -0.104. The van der Waals surface area contributed by atoms with Crippen molar-refractivity contribution in [3.8, 4) is 0 Å². The largest absolute Gasteiger partial charge is 0.481 e. The summed E-state index contributed by atoms with van der Waals surface area (Å²) in [6.07, 6.45) is 3.18. The molecular weight excluding hydrogens is 246 g/mol. The summed E-state index contributed by atoms with van der Waals surface area (Å²) in [5.41, 5.74) is -0.954. The highest BCUT2D eigenvalue weighted by Crippen LogP contribution is 2.35. The number of hydrogen-bond donors (Lipinski definition) is 2. The zero-order valence-corrected chi connectivity index (χ0v) is 11.2. The number of aromatic nitrogens is 2. The molecule has 2 N–H and O–H groups in total. The number of piperidine rings is 1. The van der Waals surface area contributed by atoms with Crippen LogP contribution in [0, 0.1) is 11.3 Å². The lowest BCUT2D eigenvalue weighted by Crippen LogP contribution is -2.45. The summed E-state index contributed by atoms with van der Waals surface area (Å²) < 4.78 is 0. The van der Waals surface area contributed by atoms with Gasteiger partial charge in [0.25, 0.3) is 5.56 Å². The normalized spacial score (nSPS) is 20.3. The van der Waals surface area contributed by atoms with Gasteiger partial charge in [0.05, 0.1) is 11.7 Å². The molecule has 0 aromatic carbocycles. The van der Waals surface area contributed by atoms with Crippen molar-refractivity contribution in [2.24, 2.45) is 11.3 Å². The van der Waals surface area contributed by atoms with Crippen molar-refractivity contribution in [3.63, 3.8) is 0 Å². The maximum Gasteiger partial charge on any atom is 0.309 e. The van der Waals surface area contributed by atoms with Crippen molar-refractivity contribution >= 4 is 11.8 Å². The van der Waals surface area contributed by atoms with Gasteiger partial charge in [-0.1, -0.05) is 0 Å². The molecule has 0 aliphatic carbocycles. The van der Waals surface area contributed by atoms with E-state index >= 15 is 0 Å². The highest BCUT2D eigenvalue weighted by atomic mass is 16.4. The van der Waals surface area contributed by atoms with Crippen molar-refractivity contribution in [1.29, 1.82) is 0 Å². The molecule has 1 unspecified atom stereocenters. The first-order valence-electron chi connectivity index (χ1n) is 6.44. The van der Waals surface area contributed by atoms with E-state index in [0.717, 1.165) is 19.4 Å². The van der Waals surface area contributed by atoms with Crippen molar-refractivity contribution in [2.45, 2.75) is 26.7 Å². The molecule has 1 aliphatic rings. The van der Waals surface area contributed by atoms with Crippen molar-refractivity contribution in [2.75, 3.05) is 18.0 Å². The zero-order chi connectivity index (χ0) is 14.0. The van der Waals surface area contributed by atoms with Gasteiger partial charge < -0.3 is 15.0 Å². The molecule has 0 amide bonds. The maximum atomic E-state index is 11.3. The number of aliphatic carboxylic acids is 1. The number of carbonyl (C=O) groups is 1. The molecule has 1 fully saturated rings. The Kier molecular flexibility index (Phi) is 3.59. The number of carboxylic acid groups (broad SMARTS) is 1. The molecule has 104 valence electrons. The van der Waals surface area contributed by atoms with Crippen LogP contribution in [-0.4, -0.2) is 34.1 Å². The first-order valence-corrected chi connectivity index (χ1v) is 6.44. The number of H-pyrrole nitrogens is 1. The Bertz CT molecular complexity index is 524. The minimum atomic E-state index is -0.779. The molecule has 0 saturated carbocycles.